The lowest BCUT2D eigenvalue weighted by atomic mass is 10.0. The van der Waals surface area contributed by atoms with Gasteiger partial charge in [-0.05, 0) is 36.5 Å². The standard InChI is InChI=1S/C22H33N5O/c1-5-23-22(27-12-10-18(16-27)19-14-25-26(4)15-19)24-11-13-28-21-9-7-6-8-20(21)17(2)3/h6-9,14-15,17-18H,5,10-13,16H2,1-4H3,(H,23,24). The summed E-state index contributed by atoms with van der Waals surface area (Å²) in [6, 6.07) is 8.27. The van der Waals surface area contributed by atoms with Gasteiger partial charge in [0.1, 0.15) is 12.4 Å². The van der Waals surface area contributed by atoms with E-state index in [4.69, 9.17) is 9.73 Å². The van der Waals surface area contributed by atoms with Crippen molar-refractivity contribution in [1.29, 1.82) is 0 Å². The Hall–Kier alpha value is -2.50. The Kier molecular flexibility index (Phi) is 6.95. The number of aromatic nitrogens is 2. The van der Waals surface area contributed by atoms with E-state index in [0.717, 1.165) is 37.8 Å². The molecule has 0 radical (unpaired) electrons. The number of ether oxygens (including phenoxy) is 1. The molecule has 1 aromatic carbocycles. The molecule has 152 valence electrons. The minimum atomic E-state index is 0.450. The number of benzene rings is 1. The van der Waals surface area contributed by atoms with Crippen molar-refractivity contribution in [3.63, 3.8) is 0 Å². The molecule has 1 aliphatic rings. The first kappa shape index (κ1) is 20.2. The van der Waals surface area contributed by atoms with Gasteiger partial charge in [-0.3, -0.25) is 4.68 Å². The van der Waals surface area contributed by atoms with E-state index in [2.05, 4.69) is 54.4 Å². The summed E-state index contributed by atoms with van der Waals surface area (Å²) in [4.78, 5) is 7.15. The summed E-state index contributed by atoms with van der Waals surface area (Å²) < 4.78 is 7.90. The van der Waals surface area contributed by atoms with Gasteiger partial charge >= 0.3 is 0 Å². The fourth-order valence-electron chi connectivity index (χ4n) is 3.70. The number of aryl methyl sites for hydroxylation is 1. The topological polar surface area (TPSA) is 54.7 Å². The van der Waals surface area contributed by atoms with Crippen molar-refractivity contribution >= 4 is 5.96 Å². The predicted molar refractivity (Wildman–Crippen MR) is 114 cm³/mol. The smallest absolute Gasteiger partial charge is 0.194 e. The largest absolute Gasteiger partial charge is 0.491 e. The molecule has 0 bridgehead atoms. The van der Waals surface area contributed by atoms with Crippen LogP contribution in [-0.2, 0) is 7.05 Å². The maximum Gasteiger partial charge on any atom is 0.194 e. The molecular weight excluding hydrogens is 350 g/mol. The zero-order valence-corrected chi connectivity index (χ0v) is 17.6. The molecule has 1 aliphatic heterocycles. The van der Waals surface area contributed by atoms with Crippen molar-refractivity contribution in [1.82, 2.24) is 20.0 Å². The van der Waals surface area contributed by atoms with Crippen LogP contribution in [0, 0.1) is 0 Å². The van der Waals surface area contributed by atoms with E-state index < -0.39 is 0 Å². The summed E-state index contributed by atoms with van der Waals surface area (Å²) >= 11 is 0. The van der Waals surface area contributed by atoms with E-state index in [1.807, 2.05) is 30.1 Å². The summed E-state index contributed by atoms with van der Waals surface area (Å²) in [5.41, 5.74) is 2.56. The molecule has 0 saturated carbocycles. The van der Waals surface area contributed by atoms with Crippen LogP contribution in [-0.4, -0.2) is 53.4 Å². The predicted octanol–water partition coefficient (Wildman–Crippen LogP) is 3.38. The maximum absolute atomic E-state index is 6.02. The fraction of sp³-hybridized carbons (Fsp3) is 0.545. The highest BCUT2D eigenvalue weighted by Gasteiger charge is 2.26. The van der Waals surface area contributed by atoms with Crippen molar-refractivity contribution < 1.29 is 4.74 Å². The van der Waals surface area contributed by atoms with Crippen molar-refractivity contribution in [2.45, 2.75) is 39.0 Å². The minimum Gasteiger partial charge on any atom is -0.491 e. The third-order valence-electron chi connectivity index (χ3n) is 5.17. The molecular formula is C22H33N5O. The van der Waals surface area contributed by atoms with Crippen LogP contribution in [0.15, 0.2) is 41.7 Å². The first-order valence-corrected chi connectivity index (χ1v) is 10.3. The second-order valence-electron chi connectivity index (χ2n) is 7.66. The SMILES string of the molecule is CCNC(=NCCOc1ccccc1C(C)C)N1CCC(c2cnn(C)c2)C1. The van der Waals surface area contributed by atoms with E-state index in [1.165, 1.54) is 11.1 Å². The second kappa shape index (κ2) is 9.62. The number of para-hydroxylation sites is 1. The molecule has 1 saturated heterocycles. The number of nitrogens with zero attached hydrogens (tertiary/aromatic N) is 4. The van der Waals surface area contributed by atoms with Crippen LogP contribution in [0.25, 0.3) is 0 Å². The molecule has 6 heteroatoms. The summed E-state index contributed by atoms with van der Waals surface area (Å²) in [6.07, 6.45) is 5.24. The minimum absolute atomic E-state index is 0.450. The molecule has 1 unspecified atom stereocenters. The van der Waals surface area contributed by atoms with Crippen LogP contribution in [0.2, 0.25) is 0 Å². The van der Waals surface area contributed by atoms with Crippen molar-refractivity contribution in [3.8, 4) is 5.75 Å². The van der Waals surface area contributed by atoms with Gasteiger partial charge in [-0.25, -0.2) is 4.99 Å². The zero-order valence-electron chi connectivity index (χ0n) is 17.6. The van der Waals surface area contributed by atoms with Gasteiger partial charge in [0.2, 0.25) is 0 Å². The van der Waals surface area contributed by atoms with Gasteiger partial charge in [-0.2, -0.15) is 5.10 Å². The first-order chi connectivity index (χ1) is 13.6. The second-order valence-corrected chi connectivity index (χ2v) is 7.66. The number of guanidine groups is 1. The molecule has 2 aromatic rings. The number of hydrogen-bond acceptors (Lipinski definition) is 3. The average molecular weight is 384 g/mol. The fourth-order valence-corrected chi connectivity index (χ4v) is 3.70. The zero-order chi connectivity index (χ0) is 19.9. The highest BCUT2D eigenvalue weighted by atomic mass is 16.5. The molecule has 1 N–H and O–H groups in total. The van der Waals surface area contributed by atoms with Crippen LogP contribution in [0.4, 0.5) is 0 Å². The number of hydrogen-bond donors (Lipinski definition) is 1. The van der Waals surface area contributed by atoms with Crippen LogP contribution in [0.1, 0.15) is 50.2 Å². The lowest BCUT2D eigenvalue weighted by molar-refractivity contribution is 0.323. The lowest BCUT2D eigenvalue weighted by Crippen LogP contribution is -2.40. The molecule has 2 heterocycles. The van der Waals surface area contributed by atoms with Crippen molar-refractivity contribution in [3.05, 3.63) is 47.8 Å². The quantitative estimate of drug-likeness (QED) is 0.452. The monoisotopic (exact) mass is 383 g/mol. The number of likely N-dealkylation sites (tertiary alicyclic amines) is 1. The Morgan fingerprint density at radius 2 is 2.18 bits per heavy atom. The molecule has 3 rings (SSSR count). The number of aliphatic imine (C=N–C) groups is 1. The summed E-state index contributed by atoms with van der Waals surface area (Å²) in [5.74, 6) is 2.92. The van der Waals surface area contributed by atoms with E-state index in [1.54, 1.807) is 0 Å². The normalized spacial score (nSPS) is 17.4. The van der Waals surface area contributed by atoms with Crippen LogP contribution in [0.3, 0.4) is 0 Å². The Bertz CT molecular complexity index is 783. The maximum atomic E-state index is 6.02. The number of rotatable bonds is 7. The van der Waals surface area contributed by atoms with Gasteiger partial charge in [-0.1, -0.05) is 32.0 Å². The molecule has 0 aliphatic carbocycles. The Balaban J connectivity index is 1.56. The summed E-state index contributed by atoms with van der Waals surface area (Å²) in [6.45, 7) is 10.6. The van der Waals surface area contributed by atoms with Crippen LogP contribution >= 0.6 is 0 Å². The highest BCUT2D eigenvalue weighted by Crippen LogP contribution is 2.27. The van der Waals surface area contributed by atoms with Crippen molar-refractivity contribution in [2.24, 2.45) is 12.0 Å². The molecule has 0 amide bonds. The van der Waals surface area contributed by atoms with Gasteiger partial charge in [-0.15, -0.1) is 0 Å². The van der Waals surface area contributed by atoms with Gasteiger partial charge < -0.3 is 15.0 Å². The van der Waals surface area contributed by atoms with E-state index >= 15 is 0 Å². The lowest BCUT2D eigenvalue weighted by Gasteiger charge is -2.21. The van der Waals surface area contributed by atoms with E-state index in [0.29, 0.717) is 25.0 Å². The van der Waals surface area contributed by atoms with Crippen LogP contribution in [0.5, 0.6) is 5.75 Å². The molecule has 1 atom stereocenters. The van der Waals surface area contributed by atoms with E-state index in [9.17, 15) is 0 Å². The molecule has 1 fully saturated rings. The number of nitrogens with one attached hydrogen (secondary N) is 1. The summed E-state index contributed by atoms with van der Waals surface area (Å²) in [5, 5.41) is 7.74. The average Bonchev–Trinajstić information content (AvgIpc) is 3.33. The molecule has 1 aromatic heterocycles. The van der Waals surface area contributed by atoms with Crippen molar-refractivity contribution in [2.75, 3.05) is 32.8 Å². The van der Waals surface area contributed by atoms with Gasteiger partial charge in [0.15, 0.2) is 5.96 Å². The van der Waals surface area contributed by atoms with Gasteiger partial charge in [0, 0.05) is 38.8 Å². The Labute approximate surface area is 168 Å². The van der Waals surface area contributed by atoms with E-state index in [-0.39, 0.29) is 0 Å². The van der Waals surface area contributed by atoms with Gasteiger partial charge in [0.25, 0.3) is 0 Å². The summed E-state index contributed by atoms with van der Waals surface area (Å²) in [7, 11) is 1.97. The molecule has 0 spiro atoms. The molecule has 6 nitrogen and oxygen atoms in total. The molecule has 28 heavy (non-hydrogen) atoms. The first-order valence-electron chi connectivity index (χ1n) is 10.3. The highest BCUT2D eigenvalue weighted by molar-refractivity contribution is 5.80. The third kappa shape index (κ3) is 5.06. The van der Waals surface area contributed by atoms with Gasteiger partial charge in [0.05, 0.1) is 12.7 Å². The Morgan fingerprint density at radius 3 is 2.89 bits per heavy atom. The van der Waals surface area contributed by atoms with Crippen LogP contribution < -0.4 is 10.1 Å². The Morgan fingerprint density at radius 1 is 1.36 bits per heavy atom. The third-order valence-corrected chi connectivity index (χ3v) is 5.17.